The first-order valence-electron chi connectivity index (χ1n) is 12.9. The smallest absolute Gasteiger partial charge is 0.304 e. The zero-order valence-corrected chi connectivity index (χ0v) is 24.7. The normalized spacial score (nSPS) is 15.2. The van der Waals surface area contributed by atoms with Crippen LogP contribution < -0.4 is 9.62 Å². The van der Waals surface area contributed by atoms with Crippen LogP contribution in [0.1, 0.15) is 51.0 Å². The van der Waals surface area contributed by atoms with Crippen LogP contribution in [0.5, 0.6) is 0 Å². The topological polar surface area (TPSA) is 90.0 Å². The lowest BCUT2D eigenvalue weighted by Crippen LogP contribution is -2.54. The highest BCUT2D eigenvalue weighted by atomic mass is 35.5. The fourth-order valence-corrected chi connectivity index (χ4v) is 6.15. The molecule has 1 aliphatic carbocycles. The number of carbonyl (C=O) groups is 2. The zero-order chi connectivity index (χ0) is 28.7. The number of carbonyl (C=O) groups excluding carboxylic acids is 2. The van der Waals surface area contributed by atoms with Gasteiger partial charge in [0.15, 0.2) is 0 Å². The quantitative estimate of drug-likeness (QED) is 0.393. The lowest BCUT2D eigenvalue weighted by atomic mass is 9.95. The van der Waals surface area contributed by atoms with Gasteiger partial charge in [0.25, 0.3) is 0 Å². The largest absolute Gasteiger partial charge is 0.352 e. The average molecular weight is 602 g/mol. The summed E-state index contributed by atoms with van der Waals surface area (Å²) in [5.41, 5.74) is 0.671. The molecule has 0 radical (unpaired) electrons. The molecule has 0 saturated heterocycles. The van der Waals surface area contributed by atoms with Crippen LogP contribution >= 0.6 is 23.2 Å². The van der Waals surface area contributed by atoms with Gasteiger partial charge >= 0.3 is 10.2 Å². The minimum absolute atomic E-state index is 0.0289. The number of halogens is 3. The summed E-state index contributed by atoms with van der Waals surface area (Å²) in [6, 6.07) is 8.83. The summed E-state index contributed by atoms with van der Waals surface area (Å²) in [7, 11) is -1.46. The van der Waals surface area contributed by atoms with E-state index in [2.05, 4.69) is 5.32 Å². The van der Waals surface area contributed by atoms with Crippen LogP contribution in [0.15, 0.2) is 42.5 Å². The minimum Gasteiger partial charge on any atom is -0.352 e. The third-order valence-electron chi connectivity index (χ3n) is 6.83. The number of nitrogens with zero attached hydrogens (tertiary/aromatic N) is 3. The van der Waals surface area contributed by atoms with Gasteiger partial charge in [-0.1, -0.05) is 55.5 Å². The molecule has 0 spiro atoms. The van der Waals surface area contributed by atoms with E-state index in [1.165, 1.54) is 31.1 Å². The van der Waals surface area contributed by atoms with E-state index >= 15 is 0 Å². The van der Waals surface area contributed by atoms with Gasteiger partial charge in [-0.2, -0.15) is 12.7 Å². The van der Waals surface area contributed by atoms with E-state index in [-0.39, 0.29) is 24.2 Å². The second kappa shape index (κ2) is 13.8. The van der Waals surface area contributed by atoms with E-state index in [0.717, 1.165) is 52.8 Å². The molecule has 214 valence electrons. The molecule has 0 heterocycles. The predicted molar refractivity (Wildman–Crippen MR) is 152 cm³/mol. The van der Waals surface area contributed by atoms with Gasteiger partial charge in [-0.15, -0.1) is 0 Å². The first-order chi connectivity index (χ1) is 18.4. The van der Waals surface area contributed by atoms with Crippen LogP contribution in [-0.2, 0) is 26.3 Å². The van der Waals surface area contributed by atoms with Crippen molar-refractivity contribution in [2.24, 2.45) is 0 Å². The van der Waals surface area contributed by atoms with Crippen molar-refractivity contribution in [1.82, 2.24) is 14.5 Å². The summed E-state index contributed by atoms with van der Waals surface area (Å²) in [4.78, 5) is 28.8. The van der Waals surface area contributed by atoms with Crippen molar-refractivity contribution in [3.05, 3.63) is 63.9 Å². The molecule has 1 saturated carbocycles. The highest BCUT2D eigenvalue weighted by Gasteiger charge is 2.34. The van der Waals surface area contributed by atoms with Crippen LogP contribution in [0.3, 0.4) is 0 Å². The molecule has 1 aliphatic rings. The Morgan fingerprint density at radius 3 is 2.26 bits per heavy atom. The van der Waals surface area contributed by atoms with E-state index in [1.807, 2.05) is 0 Å². The molecule has 2 aromatic carbocycles. The Kier molecular flexibility index (Phi) is 11.0. The summed E-state index contributed by atoms with van der Waals surface area (Å²) in [6.45, 7) is 1.15. The maximum atomic E-state index is 13.9. The maximum Gasteiger partial charge on any atom is 0.304 e. The minimum atomic E-state index is -4.14. The van der Waals surface area contributed by atoms with Gasteiger partial charge in [0.1, 0.15) is 18.4 Å². The van der Waals surface area contributed by atoms with Crippen LogP contribution in [0.25, 0.3) is 0 Å². The van der Waals surface area contributed by atoms with Crippen molar-refractivity contribution < 1.29 is 22.4 Å². The third kappa shape index (κ3) is 8.06. The highest BCUT2D eigenvalue weighted by molar-refractivity contribution is 7.90. The number of anilines is 1. The molecule has 0 aliphatic heterocycles. The average Bonchev–Trinajstić information content (AvgIpc) is 2.89. The van der Waals surface area contributed by atoms with Crippen LogP contribution in [0.2, 0.25) is 10.0 Å². The maximum absolute atomic E-state index is 13.9. The van der Waals surface area contributed by atoms with Gasteiger partial charge in [-0.3, -0.25) is 9.59 Å². The monoisotopic (exact) mass is 600 g/mol. The molecule has 1 N–H and O–H groups in total. The molecule has 8 nitrogen and oxygen atoms in total. The van der Waals surface area contributed by atoms with Gasteiger partial charge in [0, 0.05) is 36.7 Å². The van der Waals surface area contributed by atoms with Gasteiger partial charge in [-0.05, 0) is 61.2 Å². The van der Waals surface area contributed by atoms with E-state index < -0.39 is 34.5 Å². The first kappa shape index (κ1) is 31.1. The number of benzene rings is 2. The molecular weight excluding hydrogens is 566 g/mol. The Bertz CT molecular complexity index is 1250. The second-order valence-corrected chi connectivity index (χ2v) is 12.7. The van der Waals surface area contributed by atoms with Gasteiger partial charge in [0.05, 0.1) is 5.69 Å². The summed E-state index contributed by atoms with van der Waals surface area (Å²) in [5.74, 6) is -1.45. The summed E-state index contributed by atoms with van der Waals surface area (Å²) in [6.07, 6.45) is 5.23. The number of hydrogen-bond donors (Lipinski definition) is 1. The molecule has 0 bridgehead atoms. The molecule has 39 heavy (non-hydrogen) atoms. The lowest BCUT2D eigenvalue weighted by Gasteiger charge is -2.35. The molecule has 0 unspecified atom stereocenters. The van der Waals surface area contributed by atoms with Crippen molar-refractivity contribution in [3.63, 3.8) is 0 Å². The number of rotatable bonds is 11. The third-order valence-corrected chi connectivity index (χ3v) is 9.23. The first-order valence-corrected chi connectivity index (χ1v) is 15.1. The standard InChI is InChI=1S/C27H35Cl2FN4O4S/c1-4-25(27(36)31-22-8-6-5-7-9-22)33(17-19-10-11-20(28)16-24(19)29)26(35)18-34(39(37,38)32(2)3)23-14-12-21(30)13-15-23/h10-16,22,25H,4-9,17-18H2,1-3H3,(H,31,36)/t25-/m1/s1. The molecular formula is C27H35Cl2FN4O4S. The molecule has 2 amide bonds. The Balaban J connectivity index is 1.98. The van der Waals surface area contributed by atoms with E-state index in [1.54, 1.807) is 25.1 Å². The van der Waals surface area contributed by atoms with E-state index in [4.69, 9.17) is 23.2 Å². The molecule has 12 heteroatoms. The van der Waals surface area contributed by atoms with Crippen LogP contribution in [0, 0.1) is 5.82 Å². The molecule has 1 fully saturated rings. The molecule has 2 aromatic rings. The van der Waals surface area contributed by atoms with Crippen LogP contribution in [0.4, 0.5) is 10.1 Å². The highest BCUT2D eigenvalue weighted by Crippen LogP contribution is 2.26. The van der Waals surface area contributed by atoms with Crippen molar-refractivity contribution in [2.45, 2.75) is 64.1 Å². The predicted octanol–water partition coefficient (Wildman–Crippen LogP) is 5.00. The zero-order valence-electron chi connectivity index (χ0n) is 22.4. The van der Waals surface area contributed by atoms with Gasteiger partial charge in [0.2, 0.25) is 11.8 Å². The molecule has 1 atom stereocenters. The summed E-state index contributed by atoms with van der Waals surface area (Å²) >= 11 is 12.5. The number of amides is 2. The fourth-order valence-electron chi connectivity index (χ4n) is 4.62. The van der Waals surface area contributed by atoms with Crippen molar-refractivity contribution >= 4 is 50.9 Å². The number of hydrogen-bond acceptors (Lipinski definition) is 4. The van der Waals surface area contributed by atoms with Crippen molar-refractivity contribution in [2.75, 3.05) is 24.9 Å². The van der Waals surface area contributed by atoms with Gasteiger partial charge < -0.3 is 10.2 Å². The summed E-state index contributed by atoms with van der Waals surface area (Å²) < 4.78 is 42.0. The SMILES string of the molecule is CC[C@H](C(=O)NC1CCCCC1)N(Cc1ccc(Cl)cc1Cl)C(=O)CN(c1ccc(F)cc1)S(=O)(=O)N(C)C. The molecule has 3 rings (SSSR count). The Hall–Kier alpha value is -2.40. The Morgan fingerprint density at radius 2 is 1.69 bits per heavy atom. The van der Waals surface area contributed by atoms with Gasteiger partial charge in [-0.25, -0.2) is 8.70 Å². The lowest BCUT2D eigenvalue weighted by molar-refractivity contribution is -0.140. The van der Waals surface area contributed by atoms with Crippen molar-refractivity contribution in [1.29, 1.82) is 0 Å². The van der Waals surface area contributed by atoms with Crippen molar-refractivity contribution in [3.8, 4) is 0 Å². The Labute approximate surface area is 240 Å². The second-order valence-electron chi connectivity index (χ2n) is 9.80. The van der Waals surface area contributed by atoms with Crippen LogP contribution in [-0.4, -0.2) is 62.2 Å². The Morgan fingerprint density at radius 1 is 1.05 bits per heavy atom. The molecule has 0 aromatic heterocycles. The number of nitrogens with one attached hydrogen (secondary N) is 1. The fraction of sp³-hybridized carbons (Fsp3) is 0.481. The van der Waals surface area contributed by atoms with E-state index in [0.29, 0.717) is 22.0 Å². The summed E-state index contributed by atoms with van der Waals surface area (Å²) in [5, 5.41) is 3.82. The van der Waals surface area contributed by atoms with E-state index in [9.17, 15) is 22.4 Å².